The number of aromatic amines is 1. The number of rotatable bonds is 3. The summed E-state index contributed by atoms with van der Waals surface area (Å²) in [5.74, 6) is -0.664. The fourth-order valence-electron chi connectivity index (χ4n) is 2.82. The maximum atomic E-state index is 12.7. The van der Waals surface area contributed by atoms with Crippen molar-refractivity contribution in [3.63, 3.8) is 0 Å². The fraction of sp³-hybridized carbons (Fsp3) is 0.250. The first-order chi connectivity index (χ1) is 13.2. The van der Waals surface area contributed by atoms with Crippen LogP contribution in [0.5, 0.6) is 0 Å². The zero-order valence-electron chi connectivity index (χ0n) is 14.5. The molecule has 8 nitrogen and oxygen atoms in total. The van der Waals surface area contributed by atoms with Crippen molar-refractivity contribution in [3.05, 3.63) is 40.7 Å². The van der Waals surface area contributed by atoms with Crippen LogP contribution in [0, 0.1) is 0 Å². The van der Waals surface area contributed by atoms with Crippen molar-refractivity contribution in [2.75, 3.05) is 17.6 Å². The number of nitrogens with zero attached hydrogens (tertiary/aromatic N) is 2. The molecule has 0 spiro atoms. The molecule has 0 fully saturated rings. The summed E-state index contributed by atoms with van der Waals surface area (Å²) < 4.78 is 42.9. The number of fused-ring (bicyclic) bond motifs is 1. The molecule has 0 bridgehead atoms. The molecule has 0 unspecified atom stereocenters. The number of hydrogen-bond acceptors (Lipinski definition) is 5. The summed E-state index contributed by atoms with van der Waals surface area (Å²) in [4.78, 5) is 25.8. The van der Waals surface area contributed by atoms with Crippen LogP contribution in [-0.4, -0.2) is 47.2 Å². The number of halogens is 3. The number of alkyl halides is 3. The molecule has 3 rings (SSSR count). The van der Waals surface area contributed by atoms with E-state index in [4.69, 9.17) is 10.4 Å². The molecule has 1 aromatic carbocycles. The molecule has 12 heteroatoms. The molecule has 2 aromatic rings. The van der Waals surface area contributed by atoms with Gasteiger partial charge < -0.3 is 0 Å². The van der Waals surface area contributed by atoms with E-state index in [2.05, 4.69) is 22.0 Å². The number of benzene rings is 1. The van der Waals surface area contributed by atoms with Crippen molar-refractivity contribution < 1.29 is 27.4 Å². The molecule has 2 heterocycles. The summed E-state index contributed by atoms with van der Waals surface area (Å²) in [6, 6.07) is 2.63. The second-order valence-corrected chi connectivity index (χ2v) is 6.01. The van der Waals surface area contributed by atoms with E-state index in [-0.39, 0.29) is 23.6 Å². The van der Waals surface area contributed by atoms with E-state index in [1.807, 2.05) is 0 Å². The quantitative estimate of drug-likeness (QED) is 0.544. The first-order valence-electron chi connectivity index (χ1n) is 8.11. The second-order valence-electron chi connectivity index (χ2n) is 6.01. The summed E-state index contributed by atoms with van der Waals surface area (Å²) in [5.41, 5.74) is 5.70. The first kappa shape index (κ1) is 19.5. The van der Waals surface area contributed by atoms with Crippen LogP contribution in [0.3, 0.4) is 0 Å². The number of H-pyrrole nitrogens is 1. The Hall–Kier alpha value is -3.31. The number of nitrogens with two attached hydrogens (primary N) is 1. The van der Waals surface area contributed by atoms with E-state index in [0.29, 0.717) is 24.2 Å². The Bertz CT molecular complexity index is 944. The van der Waals surface area contributed by atoms with Crippen molar-refractivity contribution in [3.8, 4) is 0 Å². The Labute approximate surface area is 157 Å². The zero-order valence-corrected chi connectivity index (χ0v) is 14.5. The molecule has 1 aliphatic rings. The van der Waals surface area contributed by atoms with Gasteiger partial charge in [-0.1, -0.05) is 0 Å². The van der Waals surface area contributed by atoms with Gasteiger partial charge in [0.2, 0.25) is 0 Å². The van der Waals surface area contributed by atoms with Gasteiger partial charge in [0.05, 0.1) is 0 Å². The molecule has 0 saturated carbocycles. The molecular formula is C16H15BF3N5O3. The second kappa shape index (κ2) is 7.37. The Balaban J connectivity index is 1.79. The molecule has 2 amide bonds. The number of nitrogens with one attached hydrogen (secondary N) is 2. The van der Waals surface area contributed by atoms with Crippen molar-refractivity contribution in [2.45, 2.75) is 19.1 Å². The number of carbonyl (C=O) groups excluding carboxylic acids is 2. The van der Waals surface area contributed by atoms with E-state index in [0.717, 1.165) is 25.3 Å². The molecule has 146 valence electrons. The van der Waals surface area contributed by atoms with Gasteiger partial charge in [-0.25, -0.2) is 0 Å². The van der Waals surface area contributed by atoms with Crippen LogP contribution < -0.4 is 11.1 Å². The summed E-state index contributed by atoms with van der Waals surface area (Å²) in [5, 5.41) is 9.15. The molecular weight excluding hydrogens is 378 g/mol. The number of hydrogen-bond donors (Lipinski definition) is 3. The van der Waals surface area contributed by atoms with Crippen LogP contribution in [0.25, 0.3) is 0 Å². The summed E-state index contributed by atoms with van der Waals surface area (Å²) in [7, 11) is 1.01. The number of aromatic nitrogens is 2. The minimum absolute atomic E-state index is 0.0189. The molecule has 0 aliphatic carbocycles. The first-order valence-corrected chi connectivity index (χ1v) is 8.11. The Morgan fingerprint density at radius 3 is 2.79 bits per heavy atom. The number of carbonyl (C=O) groups is 2. The average Bonchev–Trinajstić information content (AvgIpc) is 3.06. The van der Waals surface area contributed by atoms with Gasteiger partial charge in [-0.2, -0.15) is 13.2 Å². The van der Waals surface area contributed by atoms with Crippen LogP contribution in [0.2, 0.25) is 0 Å². The number of amides is 2. The van der Waals surface area contributed by atoms with Crippen molar-refractivity contribution in [2.24, 2.45) is 0 Å². The monoisotopic (exact) mass is 393 g/mol. The summed E-state index contributed by atoms with van der Waals surface area (Å²) in [6.45, 7) is 3.77. The predicted octanol–water partition coefficient (Wildman–Crippen LogP) is 1.81. The molecule has 0 saturated heterocycles. The predicted molar refractivity (Wildman–Crippen MR) is 95.9 cm³/mol. The Morgan fingerprint density at radius 1 is 1.39 bits per heavy atom. The standard InChI is InChI=1S/C16H15BF3N5O3/c1-17-28-15(27)25-5-4-11-9(7-25)13(24-23-11)14(26)22-12-3-2-8(6-10(12)21)16(18,19)20/h2-3,6H,1,4-5,7,21H2,(H,22,26)(H,23,24). The van der Waals surface area contributed by atoms with Gasteiger partial charge in [-0.3, -0.25) is 0 Å². The van der Waals surface area contributed by atoms with E-state index < -0.39 is 23.7 Å². The summed E-state index contributed by atoms with van der Waals surface area (Å²) in [6.07, 6.45) is -4.72. The molecule has 0 radical (unpaired) electrons. The molecule has 4 N–H and O–H groups in total. The Morgan fingerprint density at radius 2 is 2.14 bits per heavy atom. The molecule has 1 aromatic heterocycles. The summed E-state index contributed by atoms with van der Waals surface area (Å²) >= 11 is 0. The normalized spacial score (nSPS) is 13.5. The third-order valence-corrected chi connectivity index (χ3v) is 4.22. The average molecular weight is 393 g/mol. The molecule has 28 heavy (non-hydrogen) atoms. The number of nitrogen functional groups attached to an aromatic ring is 1. The fourth-order valence-corrected chi connectivity index (χ4v) is 2.82. The van der Waals surface area contributed by atoms with Gasteiger partial charge >= 0.3 is 144 Å². The van der Waals surface area contributed by atoms with Gasteiger partial charge in [0.15, 0.2) is 0 Å². The molecule has 0 atom stereocenters. The van der Waals surface area contributed by atoms with Gasteiger partial charge in [0.1, 0.15) is 0 Å². The SMILES string of the molecule is C=BOC(=O)N1CCc2[nH]nc(C(=O)Nc3ccc(C(F)(F)F)cc3N)c2C1. The third-order valence-electron chi connectivity index (χ3n) is 4.22. The van der Waals surface area contributed by atoms with Crippen LogP contribution in [-0.2, 0) is 23.8 Å². The molecule has 1 aliphatic heterocycles. The van der Waals surface area contributed by atoms with E-state index >= 15 is 0 Å². The van der Waals surface area contributed by atoms with Crippen LogP contribution >= 0.6 is 0 Å². The zero-order chi connectivity index (χ0) is 20.5. The van der Waals surface area contributed by atoms with Crippen molar-refractivity contribution >= 4 is 37.0 Å². The topological polar surface area (TPSA) is 113 Å². The van der Waals surface area contributed by atoms with Gasteiger partial charge in [-0.05, 0) is 0 Å². The maximum absolute atomic E-state index is 12.7. The van der Waals surface area contributed by atoms with Crippen molar-refractivity contribution in [1.82, 2.24) is 15.1 Å². The van der Waals surface area contributed by atoms with Crippen molar-refractivity contribution in [1.29, 1.82) is 0 Å². The third kappa shape index (κ3) is 3.85. The van der Waals surface area contributed by atoms with Crippen LogP contribution in [0.4, 0.5) is 29.3 Å². The van der Waals surface area contributed by atoms with Crippen LogP contribution in [0.1, 0.15) is 27.3 Å². The van der Waals surface area contributed by atoms with Gasteiger partial charge in [0.25, 0.3) is 0 Å². The van der Waals surface area contributed by atoms with Crippen LogP contribution in [0.15, 0.2) is 18.2 Å². The van der Waals surface area contributed by atoms with E-state index in [1.165, 1.54) is 4.90 Å². The van der Waals surface area contributed by atoms with E-state index in [1.54, 1.807) is 0 Å². The van der Waals surface area contributed by atoms with Gasteiger partial charge in [0, 0.05) is 0 Å². The van der Waals surface area contributed by atoms with Gasteiger partial charge in [-0.15, -0.1) is 0 Å². The minimum atomic E-state index is -4.54. The number of anilines is 2. The Kier molecular flexibility index (Phi) is 5.12. The van der Waals surface area contributed by atoms with E-state index in [9.17, 15) is 22.8 Å².